The molecule has 3 rings (SSSR count). The van der Waals surface area contributed by atoms with Crippen LogP contribution in [-0.4, -0.2) is 63.9 Å². The predicted molar refractivity (Wildman–Crippen MR) is 139 cm³/mol. The van der Waals surface area contributed by atoms with E-state index in [4.69, 9.17) is 14.5 Å². The number of hydrogen-bond donors (Lipinski definition) is 2. The molecule has 31 heavy (non-hydrogen) atoms. The van der Waals surface area contributed by atoms with Crippen molar-refractivity contribution < 1.29 is 9.47 Å². The highest BCUT2D eigenvalue weighted by Crippen LogP contribution is 2.49. The Morgan fingerprint density at radius 1 is 1.19 bits per heavy atom. The number of halogens is 1. The number of guanidine groups is 1. The second-order valence-corrected chi connectivity index (χ2v) is 8.56. The first-order chi connectivity index (χ1) is 14.7. The summed E-state index contributed by atoms with van der Waals surface area (Å²) in [5.41, 5.74) is 1.66. The van der Waals surface area contributed by atoms with Crippen LogP contribution in [0.5, 0.6) is 5.75 Å². The number of benzene rings is 1. The molecule has 0 bridgehead atoms. The minimum absolute atomic E-state index is 0. The summed E-state index contributed by atoms with van der Waals surface area (Å²) < 4.78 is 11.0. The van der Waals surface area contributed by atoms with Gasteiger partial charge in [0, 0.05) is 32.8 Å². The van der Waals surface area contributed by atoms with E-state index in [9.17, 15) is 0 Å². The van der Waals surface area contributed by atoms with Gasteiger partial charge in [0.25, 0.3) is 0 Å². The van der Waals surface area contributed by atoms with Crippen molar-refractivity contribution in [1.82, 2.24) is 15.5 Å². The van der Waals surface area contributed by atoms with E-state index in [2.05, 4.69) is 47.6 Å². The third-order valence-electron chi connectivity index (χ3n) is 6.38. The van der Waals surface area contributed by atoms with Crippen LogP contribution in [0.3, 0.4) is 0 Å². The van der Waals surface area contributed by atoms with Gasteiger partial charge < -0.3 is 20.1 Å². The lowest BCUT2D eigenvalue weighted by Gasteiger charge is -2.29. The zero-order valence-corrected chi connectivity index (χ0v) is 21.8. The molecule has 0 aromatic heterocycles. The Labute approximate surface area is 205 Å². The molecule has 1 aromatic rings. The van der Waals surface area contributed by atoms with Gasteiger partial charge in [0.1, 0.15) is 5.75 Å². The van der Waals surface area contributed by atoms with Gasteiger partial charge >= 0.3 is 0 Å². The van der Waals surface area contributed by atoms with E-state index in [1.165, 1.54) is 31.2 Å². The Kier molecular flexibility index (Phi) is 11.4. The number of hydrogen-bond acceptors (Lipinski definition) is 4. The molecule has 0 radical (unpaired) electrons. The van der Waals surface area contributed by atoms with E-state index in [1.807, 2.05) is 6.07 Å². The third kappa shape index (κ3) is 8.09. The number of nitrogens with one attached hydrogen (secondary N) is 2. The van der Waals surface area contributed by atoms with Gasteiger partial charge in [0.2, 0.25) is 0 Å². The van der Waals surface area contributed by atoms with Gasteiger partial charge in [-0.3, -0.25) is 9.89 Å². The fraction of sp³-hybridized carbons (Fsp3) is 0.708. The first-order valence-electron chi connectivity index (χ1n) is 11.7. The summed E-state index contributed by atoms with van der Waals surface area (Å²) in [6.45, 7) is 10.7. The lowest BCUT2D eigenvalue weighted by atomic mass is 10.0. The van der Waals surface area contributed by atoms with Crippen molar-refractivity contribution in [3.8, 4) is 5.75 Å². The van der Waals surface area contributed by atoms with Gasteiger partial charge in [-0.25, -0.2) is 0 Å². The van der Waals surface area contributed by atoms with Crippen LogP contribution in [0.2, 0.25) is 0 Å². The smallest absolute Gasteiger partial charge is 0.191 e. The summed E-state index contributed by atoms with van der Waals surface area (Å²) in [4.78, 5) is 7.53. The fourth-order valence-electron chi connectivity index (χ4n) is 4.24. The van der Waals surface area contributed by atoms with E-state index < -0.39 is 0 Å². The predicted octanol–water partition coefficient (Wildman–Crippen LogP) is 4.21. The highest BCUT2D eigenvalue weighted by molar-refractivity contribution is 14.0. The number of ether oxygens (including phenoxy) is 2. The molecule has 2 fully saturated rings. The SMILES string of the molecule is CCNC(=NCC1(CCOCC)CC1)NCC(c1cccc(OC)c1)N1CCCC1.I. The Morgan fingerprint density at radius 3 is 2.61 bits per heavy atom. The van der Waals surface area contributed by atoms with Gasteiger partial charge in [-0.05, 0) is 82.2 Å². The van der Waals surface area contributed by atoms with Gasteiger partial charge in [0.15, 0.2) is 5.96 Å². The van der Waals surface area contributed by atoms with Gasteiger partial charge in [-0.1, -0.05) is 12.1 Å². The van der Waals surface area contributed by atoms with Crippen LogP contribution in [0.25, 0.3) is 0 Å². The third-order valence-corrected chi connectivity index (χ3v) is 6.38. The number of methoxy groups -OCH3 is 1. The molecule has 1 aliphatic heterocycles. The summed E-state index contributed by atoms with van der Waals surface area (Å²) in [5, 5.41) is 7.06. The maximum atomic E-state index is 5.57. The standard InChI is InChI=1S/C24H40N4O2.HI/c1-4-25-23(27-19-24(11-12-24)13-16-30-5-2)26-18-22(28-14-6-7-15-28)20-9-8-10-21(17-20)29-3;/h8-10,17,22H,4-7,11-16,18-19H2,1-3H3,(H2,25,26,27);1H. The van der Waals surface area contributed by atoms with Gasteiger partial charge in [-0.2, -0.15) is 0 Å². The molecular weight excluding hydrogens is 503 g/mol. The van der Waals surface area contributed by atoms with Crippen molar-refractivity contribution in [1.29, 1.82) is 0 Å². The number of rotatable bonds is 12. The fourth-order valence-corrected chi connectivity index (χ4v) is 4.24. The van der Waals surface area contributed by atoms with Crippen molar-refractivity contribution in [3.05, 3.63) is 29.8 Å². The highest BCUT2D eigenvalue weighted by atomic mass is 127. The maximum absolute atomic E-state index is 5.57. The van der Waals surface area contributed by atoms with Gasteiger partial charge in [-0.15, -0.1) is 24.0 Å². The molecule has 7 heteroatoms. The topological polar surface area (TPSA) is 58.1 Å². The second kappa shape index (κ2) is 13.5. The van der Waals surface area contributed by atoms with Crippen molar-refractivity contribution >= 4 is 29.9 Å². The Balaban J connectivity index is 0.00000341. The van der Waals surface area contributed by atoms with E-state index in [0.717, 1.165) is 64.1 Å². The molecule has 1 heterocycles. The molecular formula is C24H41IN4O2. The van der Waals surface area contributed by atoms with Crippen LogP contribution in [0.1, 0.15) is 57.6 Å². The van der Waals surface area contributed by atoms with Crippen LogP contribution in [-0.2, 0) is 4.74 Å². The molecule has 6 nitrogen and oxygen atoms in total. The van der Waals surface area contributed by atoms with Crippen molar-refractivity contribution in [2.75, 3.05) is 53.0 Å². The molecule has 0 spiro atoms. The van der Waals surface area contributed by atoms with Crippen molar-refractivity contribution in [3.63, 3.8) is 0 Å². The second-order valence-electron chi connectivity index (χ2n) is 8.56. The maximum Gasteiger partial charge on any atom is 0.191 e. The minimum Gasteiger partial charge on any atom is -0.497 e. The van der Waals surface area contributed by atoms with Crippen LogP contribution in [0.15, 0.2) is 29.3 Å². The van der Waals surface area contributed by atoms with Gasteiger partial charge in [0.05, 0.1) is 13.2 Å². The molecule has 1 unspecified atom stereocenters. The highest BCUT2D eigenvalue weighted by Gasteiger charge is 2.41. The van der Waals surface area contributed by atoms with Crippen LogP contribution >= 0.6 is 24.0 Å². The van der Waals surface area contributed by atoms with E-state index in [-0.39, 0.29) is 24.0 Å². The van der Waals surface area contributed by atoms with E-state index in [1.54, 1.807) is 7.11 Å². The molecule has 2 aliphatic rings. The van der Waals surface area contributed by atoms with E-state index >= 15 is 0 Å². The molecule has 0 amide bonds. The summed E-state index contributed by atoms with van der Waals surface area (Å²) in [5.74, 6) is 1.84. The quantitative estimate of drug-likeness (QED) is 0.179. The number of likely N-dealkylation sites (tertiary alicyclic amines) is 1. The molecule has 176 valence electrons. The largest absolute Gasteiger partial charge is 0.497 e. The summed E-state index contributed by atoms with van der Waals surface area (Å²) in [7, 11) is 1.73. The summed E-state index contributed by atoms with van der Waals surface area (Å²) in [6, 6.07) is 8.80. The first-order valence-corrected chi connectivity index (χ1v) is 11.7. The lowest BCUT2D eigenvalue weighted by molar-refractivity contribution is 0.129. The van der Waals surface area contributed by atoms with Crippen LogP contribution in [0, 0.1) is 5.41 Å². The van der Waals surface area contributed by atoms with E-state index in [0.29, 0.717) is 11.5 Å². The first kappa shape index (κ1) is 26.2. The summed E-state index contributed by atoms with van der Waals surface area (Å²) >= 11 is 0. The normalized spacial score (nSPS) is 18.9. The summed E-state index contributed by atoms with van der Waals surface area (Å²) in [6.07, 6.45) is 6.20. The molecule has 1 saturated heterocycles. The molecule has 1 aliphatic carbocycles. The molecule has 1 aromatic carbocycles. The average molecular weight is 545 g/mol. The average Bonchev–Trinajstić information content (AvgIpc) is 3.33. The zero-order valence-electron chi connectivity index (χ0n) is 19.5. The number of aliphatic imine (C=N–C) groups is 1. The van der Waals surface area contributed by atoms with Crippen LogP contribution < -0.4 is 15.4 Å². The van der Waals surface area contributed by atoms with Crippen molar-refractivity contribution in [2.24, 2.45) is 10.4 Å². The minimum atomic E-state index is 0. The monoisotopic (exact) mass is 544 g/mol. The number of nitrogens with zero attached hydrogens (tertiary/aromatic N) is 2. The Morgan fingerprint density at radius 2 is 1.97 bits per heavy atom. The molecule has 1 atom stereocenters. The lowest BCUT2D eigenvalue weighted by Crippen LogP contribution is -2.43. The zero-order chi connectivity index (χ0) is 21.2. The molecule has 1 saturated carbocycles. The Bertz CT molecular complexity index is 675. The van der Waals surface area contributed by atoms with Crippen LogP contribution in [0.4, 0.5) is 0 Å². The Hall–Kier alpha value is -1.06. The van der Waals surface area contributed by atoms with Crippen molar-refractivity contribution in [2.45, 2.75) is 52.0 Å². The molecule has 2 N–H and O–H groups in total.